The smallest absolute Gasteiger partial charge is 0.246 e. The minimum atomic E-state index is -3.71. The van der Waals surface area contributed by atoms with Gasteiger partial charge in [-0.3, -0.25) is 4.79 Å². The van der Waals surface area contributed by atoms with Crippen molar-refractivity contribution in [2.24, 2.45) is 5.92 Å². The maximum Gasteiger partial charge on any atom is 0.246 e. The molecule has 2 aromatic carbocycles. The lowest BCUT2D eigenvalue weighted by atomic mass is 9.78. The van der Waals surface area contributed by atoms with Crippen LogP contribution in [0.5, 0.6) is 0 Å². The highest BCUT2D eigenvalue weighted by atomic mass is 32.2. The molecule has 2 fully saturated rings. The van der Waals surface area contributed by atoms with Crippen LogP contribution < -0.4 is 5.32 Å². The van der Waals surface area contributed by atoms with Gasteiger partial charge in [0.15, 0.2) is 0 Å². The number of amides is 1. The van der Waals surface area contributed by atoms with E-state index in [1.165, 1.54) is 22.0 Å². The molecule has 1 aliphatic carbocycles. The molecule has 0 bridgehead atoms. The third kappa shape index (κ3) is 6.51. The Morgan fingerprint density at radius 1 is 1.06 bits per heavy atom. The van der Waals surface area contributed by atoms with Crippen molar-refractivity contribution in [3.63, 3.8) is 0 Å². The number of benzene rings is 2. The minimum absolute atomic E-state index is 0.0571. The standard InChI is InChI=1S/C27H36FN3O4S/c1-30(2)27(20-6-4-3-5-7-20)21-8-12-23(13-9-21)29-26(32)19-35-24-16-17-31(18-24)36(33,34)25-14-10-22(28)11-15-25/h3-7,10-11,14-15,21,23-24,27H,8-9,12-13,16-19H2,1-2H3,(H,29,32). The van der Waals surface area contributed by atoms with Crippen LogP contribution in [0.2, 0.25) is 0 Å². The van der Waals surface area contributed by atoms with E-state index in [0.29, 0.717) is 24.9 Å². The summed E-state index contributed by atoms with van der Waals surface area (Å²) in [6.07, 6.45) is 4.13. The summed E-state index contributed by atoms with van der Waals surface area (Å²) < 4.78 is 45.8. The van der Waals surface area contributed by atoms with E-state index in [1.807, 2.05) is 6.07 Å². The molecule has 2 aliphatic rings. The Labute approximate surface area is 213 Å². The first-order valence-corrected chi connectivity index (χ1v) is 14.1. The van der Waals surface area contributed by atoms with Gasteiger partial charge in [0.05, 0.1) is 11.0 Å². The first-order chi connectivity index (χ1) is 17.2. The third-order valence-electron chi connectivity index (χ3n) is 7.29. The lowest BCUT2D eigenvalue weighted by Gasteiger charge is -2.37. The second kappa shape index (κ2) is 11.8. The normalized spacial score (nSPS) is 24.1. The first kappa shape index (κ1) is 26.7. The van der Waals surface area contributed by atoms with Gasteiger partial charge < -0.3 is 15.0 Å². The number of nitrogens with zero attached hydrogens (tertiary/aromatic N) is 2. The van der Waals surface area contributed by atoms with Gasteiger partial charge in [0.25, 0.3) is 0 Å². The Balaban J connectivity index is 1.21. The lowest BCUT2D eigenvalue weighted by molar-refractivity contribution is -0.128. The van der Waals surface area contributed by atoms with Crippen LogP contribution in [0.4, 0.5) is 4.39 Å². The molecular weight excluding hydrogens is 481 g/mol. The lowest BCUT2D eigenvalue weighted by Crippen LogP contribution is -2.42. The van der Waals surface area contributed by atoms with Crippen LogP contribution in [0, 0.1) is 11.7 Å². The van der Waals surface area contributed by atoms with Gasteiger partial charge in [-0.1, -0.05) is 30.3 Å². The van der Waals surface area contributed by atoms with Crippen LogP contribution in [0.25, 0.3) is 0 Å². The van der Waals surface area contributed by atoms with E-state index < -0.39 is 15.8 Å². The van der Waals surface area contributed by atoms with Crippen LogP contribution >= 0.6 is 0 Å². The topological polar surface area (TPSA) is 79.0 Å². The Hall–Kier alpha value is -2.33. The highest BCUT2D eigenvalue weighted by Gasteiger charge is 2.34. The summed E-state index contributed by atoms with van der Waals surface area (Å²) in [5.74, 6) is -0.102. The molecule has 2 aromatic rings. The van der Waals surface area contributed by atoms with E-state index in [-0.39, 0.29) is 36.1 Å². The van der Waals surface area contributed by atoms with Crippen LogP contribution in [0.1, 0.15) is 43.7 Å². The summed E-state index contributed by atoms with van der Waals surface area (Å²) in [5, 5.41) is 3.10. The molecule has 0 radical (unpaired) electrons. The molecule has 196 valence electrons. The van der Waals surface area contributed by atoms with E-state index in [1.54, 1.807) is 0 Å². The van der Waals surface area contributed by atoms with E-state index in [9.17, 15) is 17.6 Å². The molecule has 1 saturated heterocycles. The second-order valence-corrected chi connectivity index (χ2v) is 12.0. The highest BCUT2D eigenvalue weighted by Crippen LogP contribution is 2.37. The van der Waals surface area contributed by atoms with Crippen molar-refractivity contribution in [2.45, 2.75) is 55.2 Å². The van der Waals surface area contributed by atoms with Gasteiger partial charge in [-0.05, 0) is 81.9 Å². The van der Waals surface area contributed by atoms with Gasteiger partial charge >= 0.3 is 0 Å². The fraction of sp³-hybridized carbons (Fsp3) is 0.519. The third-order valence-corrected chi connectivity index (χ3v) is 9.17. The van der Waals surface area contributed by atoms with Crippen LogP contribution in [-0.2, 0) is 19.6 Å². The number of rotatable bonds is 9. The average Bonchev–Trinajstić information content (AvgIpc) is 3.35. The fourth-order valence-corrected chi connectivity index (χ4v) is 6.98. The summed E-state index contributed by atoms with van der Waals surface area (Å²) in [7, 11) is 0.540. The van der Waals surface area contributed by atoms with Gasteiger partial charge in [-0.25, -0.2) is 12.8 Å². The Bertz CT molecular complexity index is 1100. The number of carbonyl (C=O) groups excluding carboxylic acids is 1. The van der Waals surface area contributed by atoms with Crippen molar-refractivity contribution < 1.29 is 22.3 Å². The van der Waals surface area contributed by atoms with Gasteiger partial charge in [0.1, 0.15) is 12.4 Å². The summed E-state index contributed by atoms with van der Waals surface area (Å²) in [6.45, 7) is 0.410. The van der Waals surface area contributed by atoms with Crippen molar-refractivity contribution in [1.29, 1.82) is 0 Å². The number of carbonyl (C=O) groups is 1. The molecule has 9 heteroatoms. The van der Waals surface area contributed by atoms with E-state index >= 15 is 0 Å². The average molecular weight is 518 g/mol. The molecular formula is C27H36FN3O4S. The quantitative estimate of drug-likeness (QED) is 0.550. The molecule has 2 unspecified atom stereocenters. The molecule has 1 N–H and O–H groups in total. The largest absolute Gasteiger partial charge is 0.367 e. The molecule has 1 saturated carbocycles. The zero-order valence-electron chi connectivity index (χ0n) is 21.0. The molecule has 1 amide bonds. The van der Waals surface area contributed by atoms with Crippen LogP contribution in [0.3, 0.4) is 0 Å². The molecule has 1 aliphatic heterocycles. The van der Waals surface area contributed by atoms with Crippen molar-refractivity contribution in [3.8, 4) is 0 Å². The first-order valence-electron chi connectivity index (χ1n) is 12.6. The number of nitrogens with one attached hydrogen (secondary N) is 1. The Kier molecular flexibility index (Phi) is 8.77. The van der Waals surface area contributed by atoms with Crippen molar-refractivity contribution in [3.05, 3.63) is 66.0 Å². The zero-order valence-corrected chi connectivity index (χ0v) is 21.8. The number of hydrogen-bond donors (Lipinski definition) is 1. The van der Waals surface area contributed by atoms with E-state index in [2.05, 4.69) is 48.6 Å². The number of ether oxygens (including phenoxy) is 1. The summed E-state index contributed by atoms with van der Waals surface area (Å²) in [6, 6.07) is 15.9. The maximum absolute atomic E-state index is 13.1. The summed E-state index contributed by atoms with van der Waals surface area (Å²) in [5.41, 5.74) is 1.33. The molecule has 36 heavy (non-hydrogen) atoms. The van der Waals surface area contributed by atoms with Crippen molar-refractivity contribution >= 4 is 15.9 Å². The number of sulfonamides is 1. The summed E-state index contributed by atoms with van der Waals surface area (Å²) in [4.78, 5) is 14.9. The molecule has 0 aromatic heterocycles. The molecule has 7 nitrogen and oxygen atoms in total. The van der Waals surface area contributed by atoms with Gasteiger partial charge in [0, 0.05) is 25.2 Å². The zero-order chi connectivity index (χ0) is 25.7. The minimum Gasteiger partial charge on any atom is -0.367 e. The monoisotopic (exact) mass is 517 g/mol. The number of halogens is 1. The predicted octanol–water partition coefficient (Wildman–Crippen LogP) is 3.58. The van der Waals surface area contributed by atoms with Gasteiger partial charge in [0.2, 0.25) is 15.9 Å². The molecule has 4 rings (SSSR count). The van der Waals surface area contributed by atoms with Crippen LogP contribution in [-0.4, -0.2) is 69.5 Å². The van der Waals surface area contributed by atoms with Crippen molar-refractivity contribution in [1.82, 2.24) is 14.5 Å². The second-order valence-electron chi connectivity index (χ2n) is 10.0. The maximum atomic E-state index is 13.1. The SMILES string of the molecule is CN(C)C(c1ccccc1)C1CCC(NC(=O)COC2CCN(S(=O)(=O)c3ccc(F)cc3)C2)CC1. The Morgan fingerprint density at radius 2 is 1.72 bits per heavy atom. The number of hydrogen-bond acceptors (Lipinski definition) is 5. The fourth-order valence-electron chi connectivity index (χ4n) is 5.49. The van der Waals surface area contributed by atoms with E-state index in [4.69, 9.17) is 4.74 Å². The van der Waals surface area contributed by atoms with Gasteiger partial charge in [-0.2, -0.15) is 4.31 Å². The highest BCUT2D eigenvalue weighted by molar-refractivity contribution is 7.89. The summed E-state index contributed by atoms with van der Waals surface area (Å²) >= 11 is 0. The van der Waals surface area contributed by atoms with Gasteiger partial charge in [-0.15, -0.1) is 0 Å². The molecule has 0 spiro atoms. The van der Waals surface area contributed by atoms with Crippen molar-refractivity contribution in [2.75, 3.05) is 33.8 Å². The molecule has 1 heterocycles. The van der Waals surface area contributed by atoms with Crippen LogP contribution in [0.15, 0.2) is 59.5 Å². The van der Waals surface area contributed by atoms with E-state index in [0.717, 1.165) is 37.8 Å². The predicted molar refractivity (Wildman–Crippen MR) is 136 cm³/mol. The molecule has 2 atom stereocenters. The Morgan fingerprint density at radius 3 is 2.36 bits per heavy atom.